The second-order valence-electron chi connectivity index (χ2n) is 10.3. The lowest BCUT2D eigenvalue weighted by Gasteiger charge is -2.26. The number of hydrogen-bond acceptors (Lipinski definition) is 4. The summed E-state index contributed by atoms with van der Waals surface area (Å²) >= 11 is 12.5. The molecule has 2 aromatic carbocycles. The molecule has 0 bridgehead atoms. The van der Waals surface area contributed by atoms with Gasteiger partial charge in [0.2, 0.25) is 5.91 Å². The molecule has 214 valence electrons. The normalized spacial score (nSPS) is 21.2. The molecule has 3 atom stereocenters. The van der Waals surface area contributed by atoms with Gasteiger partial charge in [0.15, 0.2) is 6.67 Å². The number of carbonyl (C=O) groups excluding carboxylic acids is 1. The second kappa shape index (κ2) is 13.6. The number of alkyl halides is 3. The minimum atomic E-state index is -3.53. The maximum absolute atomic E-state index is 13.7. The van der Waals surface area contributed by atoms with Crippen LogP contribution in [0.1, 0.15) is 43.2 Å². The van der Waals surface area contributed by atoms with Crippen molar-refractivity contribution in [3.63, 3.8) is 0 Å². The van der Waals surface area contributed by atoms with E-state index in [4.69, 9.17) is 32.7 Å². The fraction of sp³-hybridized carbons (Fsp3) is 0.552. The molecule has 5 nitrogen and oxygen atoms in total. The molecule has 2 saturated heterocycles. The molecule has 0 N–H and O–H groups in total. The third-order valence-electron chi connectivity index (χ3n) is 7.68. The summed E-state index contributed by atoms with van der Waals surface area (Å²) < 4.78 is 51.6. The van der Waals surface area contributed by atoms with Crippen LogP contribution >= 0.6 is 23.2 Å². The third-order valence-corrected chi connectivity index (χ3v) is 8.42. The molecule has 2 fully saturated rings. The van der Waals surface area contributed by atoms with E-state index in [1.165, 1.54) is 24.3 Å². The number of unbranched alkanes of at least 4 members (excludes halogenated alkanes) is 1. The minimum absolute atomic E-state index is 0.0396. The third kappa shape index (κ3) is 7.81. The summed E-state index contributed by atoms with van der Waals surface area (Å²) in [7, 11) is 0. The number of benzene rings is 2. The molecule has 1 amide bonds. The van der Waals surface area contributed by atoms with Crippen LogP contribution in [0.2, 0.25) is 10.0 Å². The van der Waals surface area contributed by atoms with Crippen LogP contribution in [0.15, 0.2) is 42.5 Å². The molecule has 0 radical (unpaired) electrons. The lowest BCUT2D eigenvalue weighted by molar-refractivity contribution is -0.130. The summed E-state index contributed by atoms with van der Waals surface area (Å²) in [5, 5.41) is 0.899. The summed E-state index contributed by atoms with van der Waals surface area (Å²) in [6.45, 7) is 5.55. The fourth-order valence-electron chi connectivity index (χ4n) is 5.35. The van der Waals surface area contributed by atoms with Crippen molar-refractivity contribution in [1.82, 2.24) is 9.80 Å². The van der Waals surface area contributed by atoms with Crippen LogP contribution in [0.25, 0.3) is 0 Å². The Morgan fingerprint density at radius 1 is 1.08 bits per heavy atom. The van der Waals surface area contributed by atoms with E-state index in [1.807, 2.05) is 24.0 Å². The van der Waals surface area contributed by atoms with Gasteiger partial charge in [-0.05, 0) is 68.3 Å². The molecule has 0 aromatic heterocycles. The lowest BCUT2D eigenvalue weighted by atomic mass is 9.85. The summed E-state index contributed by atoms with van der Waals surface area (Å²) in [6, 6.07) is 10.7. The highest BCUT2D eigenvalue weighted by Crippen LogP contribution is 2.39. The van der Waals surface area contributed by atoms with E-state index in [-0.39, 0.29) is 23.8 Å². The van der Waals surface area contributed by atoms with Crippen molar-refractivity contribution < 1.29 is 27.4 Å². The molecule has 2 unspecified atom stereocenters. The average molecular weight is 588 g/mol. The Morgan fingerprint density at radius 2 is 1.79 bits per heavy atom. The number of hydrogen-bond donors (Lipinski definition) is 0. The summed E-state index contributed by atoms with van der Waals surface area (Å²) in [5.41, 5.74) is 0.565. The van der Waals surface area contributed by atoms with Crippen LogP contribution in [0.4, 0.5) is 13.2 Å². The second-order valence-corrected chi connectivity index (χ2v) is 11.2. The minimum Gasteiger partial charge on any atom is -0.490 e. The molecule has 10 heteroatoms. The van der Waals surface area contributed by atoms with Gasteiger partial charge >= 0.3 is 5.92 Å². The zero-order chi connectivity index (χ0) is 28.0. The van der Waals surface area contributed by atoms with Gasteiger partial charge in [-0.25, -0.2) is 4.39 Å². The monoisotopic (exact) mass is 586 g/mol. The van der Waals surface area contributed by atoms with E-state index >= 15 is 0 Å². The molecule has 0 saturated carbocycles. The highest BCUT2D eigenvalue weighted by atomic mass is 35.5. The molecule has 2 aliphatic rings. The largest absolute Gasteiger partial charge is 0.490 e. The van der Waals surface area contributed by atoms with Crippen LogP contribution in [0, 0.1) is 5.92 Å². The van der Waals surface area contributed by atoms with Crippen molar-refractivity contribution in [1.29, 1.82) is 0 Å². The molecule has 39 heavy (non-hydrogen) atoms. The predicted octanol–water partition coefficient (Wildman–Crippen LogP) is 6.57. The van der Waals surface area contributed by atoms with E-state index in [0.717, 1.165) is 51.3 Å². The molecule has 4 rings (SSSR count). The first-order valence-corrected chi connectivity index (χ1v) is 14.2. The first-order valence-electron chi connectivity index (χ1n) is 13.4. The Balaban J connectivity index is 1.41. The van der Waals surface area contributed by atoms with Gasteiger partial charge in [0.25, 0.3) is 0 Å². The van der Waals surface area contributed by atoms with Crippen molar-refractivity contribution in [2.24, 2.45) is 5.92 Å². The van der Waals surface area contributed by atoms with Crippen molar-refractivity contribution in [2.75, 3.05) is 52.6 Å². The molecule has 0 spiro atoms. The van der Waals surface area contributed by atoms with Gasteiger partial charge < -0.3 is 14.4 Å². The number of carbonyl (C=O) groups is 1. The van der Waals surface area contributed by atoms with Crippen molar-refractivity contribution in [3.05, 3.63) is 63.6 Å². The number of amides is 1. The van der Waals surface area contributed by atoms with Crippen LogP contribution in [0.5, 0.6) is 5.75 Å². The van der Waals surface area contributed by atoms with Gasteiger partial charge in [0.1, 0.15) is 11.9 Å². The highest BCUT2D eigenvalue weighted by Gasteiger charge is 2.40. The Kier molecular flexibility index (Phi) is 10.4. The number of morpholine rings is 1. The molecular weight excluding hydrogens is 552 g/mol. The Labute approximate surface area is 238 Å². The summed E-state index contributed by atoms with van der Waals surface area (Å²) in [6.07, 6.45) is 1.91. The van der Waals surface area contributed by atoms with E-state index in [2.05, 4.69) is 4.90 Å². The van der Waals surface area contributed by atoms with Gasteiger partial charge in [-0.2, -0.15) is 8.78 Å². The first-order chi connectivity index (χ1) is 18.7. The van der Waals surface area contributed by atoms with Crippen molar-refractivity contribution in [3.8, 4) is 5.75 Å². The van der Waals surface area contributed by atoms with E-state index in [1.54, 1.807) is 6.07 Å². The molecule has 2 aliphatic heterocycles. The van der Waals surface area contributed by atoms with E-state index in [0.29, 0.717) is 35.3 Å². The maximum atomic E-state index is 13.7. The van der Waals surface area contributed by atoms with Gasteiger partial charge in [-0.15, -0.1) is 0 Å². The molecule has 0 aliphatic carbocycles. The van der Waals surface area contributed by atoms with Crippen molar-refractivity contribution in [2.45, 2.75) is 44.1 Å². The maximum Gasteiger partial charge on any atom is 0.301 e. The zero-order valence-corrected chi connectivity index (χ0v) is 23.6. The highest BCUT2D eigenvalue weighted by molar-refractivity contribution is 6.42. The number of halogens is 5. The van der Waals surface area contributed by atoms with Crippen LogP contribution < -0.4 is 4.74 Å². The topological polar surface area (TPSA) is 42.0 Å². The fourth-order valence-corrected chi connectivity index (χ4v) is 5.66. The average Bonchev–Trinajstić information content (AvgIpc) is 3.39. The molecular formula is C29H35Cl2F3N2O3. The lowest BCUT2D eigenvalue weighted by Crippen LogP contribution is -2.37. The van der Waals surface area contributed by atoms with Crippen LogP contribution in [0.3, 0.4) is 0 Å². The Hall–Kier alpha value is -2.00. The van der Waals surface area contributed by atoms with Gasteiger partial charge in [0.05, 0.1) is 23.3 Å². The SMILES string of the molecule is C[C@@H](Oc1ccc(C(F)(F)CF)cc1)C1CN(C(=O)CCCCN2CCOCC2)CC1c1ccc(Cl)c(Cl)c1. The van der Waals surface area contributed by atoms with Gasteiger partial charge in [0, 0.05) is 50.0 Å². The van der Waals surface area contributed by atoms with E-state index < -0.39 is 18.2 Å². The smallest absolute Gasteiger partial charge is 0.301 e. The quantitative estimate of drug-likeness (QED) is 0.279. The zero-order valence-electron chi connectivity index (χ0n) is 22.1. The summed E-state index contributed by atoms with van der Waals surface area (Å²) in [4.78, 5) is 17.4. The van der Waals surface area contributed by atoms with Crippen molar-refractivity contribution >= 4 is 29.1 Å². The molecule has 2 heterocycles. The Bertz CT molecular complexity index is 1100. The van der Waals surface area contributed by atoms with Gasteiger partial charge in [-0.1, -0.05) is 29.3 Å². The predicted molar refractivity (Wildman–Crippen MR) is 147 cm³/mol. The number of rotatable bonds is 11. The number of ether oxygens (including phenoxy) is 2. The number of nitrogens with zero attached hydrogens (tertiary/aromatic N) is 2. The molecule has 2 aromatic rings. The Morgan fingerprint density at radius 3 is 2.46 bits per heavy atom. The van der Waals surface area contributed by atoms with E-state index in [9.17, 15) is 18.0 Å². The standard InChI is InChI=1S/C29H35Cl2F3N2O3/c1-20(39-23-8-6-22(7-9-23)29(33,34)19-32)24-17-36(18-25(24)21-5-10-26(30)27(31)16-21)28(37)4-2-3-11-35-12-14-38-15-13-35/h5-10,16,20,24-25H,2-4,11-15,17-19H2,1H3/t20-,24?,25?/m1/s1. The van der Waals surface area contributed by atoms with Crippen LogP contribution in [-0.2, 0) is 15.5 Å². The number of likely N-dealkylation sites (tertiary alicyclic amines) is 1. The van der Waals surface area contributed by atoms with Gasteiger partial charge in [-0.3, -0.25) is 9.69 Å². The van der Waals surface area contributed by atoms with Crippen LogP contribution in [-0.4, -0.2) is 74.4 Å². The summed E-state index contributed by atoms with van der Waals surface area (Å²) in [5.74, 6) is -3.12. The first kappa shape index (κ1) is 30.0.